The van der Waals surface area contributed by atoms with Crippen molar-refractivity contribution in [3.8, 4) is 0 Å². The molecule has 0 spiro atoms. The van der Waals surface area contributed by atoms with Crippen LogP contribution in [0.3, 0.4) is 0 Å². The summed E-state index contributed by atoms with van der Waals surface area (Å²) < 4.78 is 0. The molecule has 19 heavy (non-hydrogen) atoms. The highest BCUT2D eigenvalue weighted by atomic mass is 16.2. The fraction of sp³-hybridized carbons (Fsp3) is 0.467. The maximum Gasteiger partial charge on any atom is 0.246 e. The largest absolute Gasteiger partial charge is 0.305 e. The van der Waals surface area contributed by atoms with Crippen molar-refractivity contribution in [2.45, 2.75) is 32.2 Å². The van der Waals surface area contributed by atoms with Gasteiger partial charge in [0.15, 0.2) is 0 Å². The van der Waals surface area contributed by atoms with Crippen molar-refractivity contribution in [3.63, 3.8) is 0 Å². The zero-order valence-corrected chi connectivity index (χ0v) is 11.3. The average Bonchev–Trinajstić information content (AvgIpc) is 2.68. The molecule has 1 saturated heterocycles. The van der Waals surface area contributed by atoms with E-state index in [0.29, 0.717) is 19.5 Å². The molecule has 1 atom stereocenters. The smallest absolute Gasteiger partial charge is 0.246 e. The highest BCUT2D eigenvalue weighted by molar-refractivity contribution is 6.05. The third kappa shape index (κ3) is 3.41. The summed E-state index contributed by atoms with van der Waals surface area (Å²) in [5.41, 5.74) is 1.23. The first kappa shape index (κ1) is 13.7. The minimum Gasteiger partial charge on any atom is -0.305 e. The van der Waals surface area contributed by atoms with Gasteiger partial charge in [0.1, 0.15) is 0 Å². The Balaban J connectivity index is 1.81. The minimum atomic E-state index is -0.331. The summed E-state index contributed by atoms with van der Waals surface area (Å²) in [6, 6.07) is 9.78. The van der Waals surface area contributed by atoms with Gasteiger partial charge in [-0.05, 0) is 24.9 Å². The van der Waals surface area contributed by atoms with Gasteiger partial charge in [0, 0.05) is 6.54 Å². The molecular formula is C15H20N2O2. The molecule has 4 nitrogen and oxygen atoms in total. The topological polar surface area (TPSA) is 49.4 Å². The van der Waals surface area contributed by atoms with E-state index in [9.17, 15) is 9.59 Å². The van der Waals surface area contributed by atoms with Crippen LogP contribution < -0.4 is 5.32 Å². The van der Waals surface area contributed by atoms with Crippen LogP contribution in [0.15, 0.2) is 30.3 Å². The van der Waals surface area contributed by atoms with E-state index in [2.05, 4.69) is 17.4 Å². The van der Waals surface area contributed by atoms with Crippen LogP contribution in [-0.4, -0.2) is 35.8 Å². The van der Waals surface area contributed by atoms with Crippen molar-refractivity contribution in [2.24, 2.45) is 0 Å². The van der Waals surface area contributed by atoms with Gasteiger partial charge < -0.3 is 5.32 Å². The summed E-state index contributed by atoms with van der Waals surface area (Å²) in [5, 5.41) is 3.19. The van der Waals surface area contributed by atoms with Crippen molar-refractivity contribution < 1.29 is 9.59 Å². The van der Waals surface area contributed by atoms with Gasteiger partial charge in [0.2, 0.25) is 11.8 Å². The van der Waals surface area contributed by atoms with Gasteiger partial charge in [-0.1, -0.05) is 37.3 Å². The first-order valence-electron chi connectivity index (χ1n) is 6.84. The number of likely N-dealkylation sites (tertiary alicyclic amines) is 1. The second-order valence-electron chi connectivity index (χ2n) is 4.83. The van der Waals surface area contributed by atoms with Gasteiger partial charge in [-0.2, -0.15) is 0 Å². The first-order chi connectivity index (χ1) is 9.22. The number of hydrogen-bond acceptors (Lipinski definition) is 3. The number of nitrogens with zero attached hydrogens (tertiary/aromatic N) is 1. The quantitative estimate of drug-likeness (QED) is 0.786. The lowest BCUT2D eigenvalue weighted by atomic mass is 10.1. The molecule has 1 aliphatic rings. The Kier molecular flexibility index (Phi) is 4.68. The number of carbonyl (C=O) groups excluding carboxylic acids is 2. The van der Waals surface area contributed by atoms with Crippen LogP contribution in [0.5, 0.6) is 0 Å². The standard InChI is InChI=1S/C15H20N2O2/c1-2-10-17-14(18)11-13(15(17)19)16-9-8-12-6-4-3-5-7-12/h3-7,13,16H,2,8-11H2,1H3. The van der Waals surface area contributed by atoms with Gasteiger partial charge in [-0.15, -0.1) is 0 Å². The lowest BCUT2D eigenvalue weighted by molar-refractivity contribution is -0.138. The fourth-order valence-corrected chi connectivity index (χ4v) is 2.34. The summed E-state index contributed by atoms with van der Waals surface area (Å²) in [5.74, 6) is -0.121. The van der Waals surface area contributed by atoms with E-state index in [0.717, 1.165) is 12.8 Å². The second-order valence-corrected chi connectivity index (χ2v) is 4.83. The molecule has 1 aromatic rings. The molecule has 0 saturated carbocycles. The molecular weight excluding hydrogens is 240 g/mol. The molecule has 1 fully saturated rings. The SMILES string of the molecule is CCCN1C(=O)CC(NCCc2ccccc2)C1=O. The molecule has 2 rings (SSSR count). The third-order valence-electron chi connectivity index (χ3n) is 3.34. The lowest BCUT2D eigenvalue weighted by Gasteiger charge is -2.14. The van der Waals surface area contributed by atoms with Crippen LogP contribution in [0.4, 0.5) is 0 Å². The van der Waals surface area contributed by atoms with Crippen LogP contribution in [-0.2, 0) is 16.0 Å². The number of nitrogens with one attached hydrogen (secondary N) is 1. The van der Waals surface area contributed by atoms with Crippen molar-refractivity contribution in [1.82, 2.24) is 10.2 Å². The molecule has 1 aromatic carbocycles. The van der Waals surface area contributed by atoms with Crippen molar-refractivity contribution in [3.05, 3.63) is 35.9 Å². The van der Waals surface area contributed by atoms with Gasteiger partial charge in [0.05, 0.1) is 12.5 Å². The van der Waals surface area contributed by atoms with Gasteiger partial charge in [-0.25, -0.2) is 0 Å². The van der Waals surface area contributed by atoms with Gasteiger partial charge in [-0.3, -0.25) is 14.5 Å². The number of carbonyl (C=O) groups is 2. The van der Waals surface area contributed by atoms with E-state index in [1.165, 1.54) is 10.5 Å². The zero-order valence-electron chi connectivity index (χ0n) is 11.3. The summed E-state index contributed by atoms with van der Waals surface area (Å²) >= 11 is 0. The van der Waals surface area contributed by atoms with E-state index in [1.54, 1.807) is 0 Å². The zero-order chi connectivity index (χ0) is 13.7. The van der Waals surface area contributed by atoms with Gasteiger partial charge >= 0.3 is 0 Å². The number of rotatable bonds is 6. The minimum absolute atomic E-state index is 0.0518. The molecule has 0 radical (unpaired) electrons. The van der Waals surface area contributed by atoms with E-state index >= 15 is 0 Å². The van der Waals surface area contributed by atoms with Crippen LogP contribution in [0, 0.1) is 0 Å². The molecule has 4 heteroatoms. The summed E-state index contributed by atoms with van der Waals surface area (Å²) in [7, 11) is 0. The molecule has 1 N–H and O–H groups in total. The Hall–Kier alpha value is -1.68. The number of amides is 2. The molecule has 0 aromatic heterocycles. The van der Waals surface area contributed by atoms with E-state index in [1.807, 2.05) is 25.1 Å². The molecule has 0 bridgehead atoms. The Labute approximate surface area is 113 Å². The van der Waals surface area contributed by atoms with E-state index in [4.69, 9.17) is 0 Å². The first-order valence-corrected chi connectivity index (χ1v) is 6.84. The van der Waals surface area contributed by atoms with Crippen LogP contribution in [0.25, 0.3) is 0 Å². The average molecular weight is 260 g/mol. The maximum absolute atomic E-state index is 12.0. The van der Waals surface area contributed by atoms with Crippen molar-refractivity contribution >= 4 is 11.8 Å². The number of imide groups is 1. The predicted molar refractivity (Wildman–Crippen MR) is 73.6 cm³/mol. The number of benzene rings is 1. The normalized spacial score (nSPS) is 19.2. The highest BCUT2D eigenvalue weighted by Gasteiger charge is 2.37. The maximum atomic E-state index is 12.0. The summed E-state index contributed by atoms with van der Waals surface area (Å²) in [6.07, 6.45) is 1.98. The molecule has 102 valence electrons. The van der Waals surface area contributed by atoms with Crippen LogP contribution >= 0.6 is 0 Å². The van der Waals surface area contributed by atoms with E-state index in [-0.39, 0.29) is 17.9 Å². The molecule has 1 unspecified atom stereocenters. The fourth-order valence-electron chi connectivity index (χ4n) is 2.34. The summed E-state index contributed by atoms with van der Waals surface area (Å²) in [4.78, 5) is 25.0. The Morgan fingerprint density at radius 2 is 2.00 bits per heavy atom. The lowest BCUT2D eigenvalue weighted by Crippen LogP contribution is -2.39. The number of hydrogen-bond donors (Lipinski definition) is 1. The van der Waals surface area contributed by atoms with Crippen LogP contribution in [0.2, 0.25) is 0 Å². The Morgan fingerprint density at radius 3 is 2.68 bits per heavy atom. The van der Waals surface area contributed by atoms with Crippen LogP contribution in [0.1, 0.15) is 25.3 Å². The van der Waals surface area contributed by atoms with Crippen molar-refractivity contribution in [1.29, 1.82) is 0 Å². The predicted octanol–water partition coefficient (Wildman–Crippen LogP) is 1.36. The highest BCUT2D eigenvalue weighted by Crippen LogP contribution is 2.13. The molecule has 1 aliphatic heterocycles. The molecule has 1 heterocycles. The van der Waals surface area contributed by atoms with Gasteiger partial charge in [0.25, 0.3) is 0 Å². The second kappa shape index (κ2) is 6.48. The van der Waals surface area contributed by atoms with E-state index < -0.39 is 0 Å². The Morgan fingerprint density at radius 1 is 1.26 bits per heavy atom. The Bertz CT molecular complexity index is 445. The molecule has 0 aliphatic carbocycles. The third-order valence-corrected chi connectivity index (χ3v) is 3.34. The molecule has 2 amide bonds. The van der Waals surface area contributed by atoms with Crippen molar-refractivity contribution in [2.75, 3.05) is 13.1 Å². The summed E-state index contributed by atoms with van der Waals surface area (Å²) in [6.45, 7) is 3.22. The monoisotopic (exact) mass is 260 g/mol.